The second-order valence-corrected chi connectivity index (χ2v) is 12.5. The number of nitrogens with two attached hydrogens (primary N) is 1. The molecule has 4 aromatic rings. The summed E-state index contributed by atoms with van der Waals surface area (Å²) in [5.74, 6) is -0.419. The quantitative estimate of drug-likeness (QED) is 0.185. The lowest BCUT2D eigenvalue weighted by Crippen LogP contribution is -2.10. The molecule has 8 nitrogen and oxygen atoms in total. The summed E-state index contributed by atoms with van der Waals surface area (Å²) >= 11 is 1.23. The van der Waals surface area contributed by atoms with Gasteiger partial charge in [-0.2, -0.15) is 5.10 Å². The molecule has 1 unspecified atom stereocenters. The highest BCUT2D eigenvalue weighted by molar-refractivity contribution is 7.82. The first-order valence-corrected chi connectivity index (χ1v) is 15.6. The molecule has 2 heterocycles. The molecular formula is C29H30FN4O4S2+. The van der Waals surface area contributed by atoms with Gasteiger partial charge in [-0.3, -0.25) is 0 Å². The van der Waals surface area contributed by atoms with Gasteiger partial charge in [-0.05, 0) is 80.7 Å². The number of carboxylic acids is 1. The lowest BCUT2D eigenvalue weighted by molar-refractivity contribution is 0.0691. The molecule has 11 heteroatoms. The summed E-state index contributed by atoms with van der Waals surface area (Å²) in [4.78, 5) is 15.9. The summed E-state index contributed by atoms with van der Waals surface area (Å²) in [5.41, 5.74) is 4.09. The minimum absolute atomic E-state index is 0.00591. The minimum atomic E-state index is -2.29. The average molecular weight is 582 g/mol. The van der Waals surface area contributed by atoms with Crippen molar-refractivity contribution in [3.63, 3.8) is 0 Å². The van der Waals surface area contributed by atoms with Gasteiger partial charge in [0.2, 0.25) is 10.0 Å². The predicted molar refractivity (Wildman–Crippen MR) is 152 cm³/mol. The first kappa shape index (κ1) is 26.8. The number of ether oxygens (including phenoxy) is 1. The van der Waals surface area contributed by atoms with Crippen molar-refractivity contribution in [3.8, 4) is 22.1 Å². The van der Waals surface area contributed by atoms with Crippen molar-refractivity contribution < 1.29 is 23.2 Å². The number of thiol groups is 1. The number of hydrogen-bond acceptors (Lipinski definition) is 6. The molecule has 2 aromatic heterocycles. The van der Waals surface area contributed by atoms with Crippen LogP contribution in [0.4, 0.5) is 4.39 Å². The maximum atomic E-state index is 14.8. The van der Waals surface area contributed by atoms with Gasteiger partial charge in [-0.25, -0.2) is 18.9 Å². The van der Waals surface area contributed by atoms with Crippen LogP contribution in [-0.4, -0.2) is 31.9 Å². The van der Waals surface area contributed by atoms with E-state index in [-0.39, 0.29) is 16.7 Å². The normalized spacial score (nSPS) is 16.4. The SMILES string of the molecule is N[SH+](=O)c1ccc(Cc2c(-c3cccc(OC4CCCC4)c3)nn(-c3nc(C(=O)O)cs3)c2CC2CC2)cc1F. The summed E-state index contributed by atoms with van der Waals surface area (Å²) in [6.07, 6.45) is 7.97. The molecule has 0 spiro atoms. The van der Waals surface area contributed by atoms with Crippen molar-refractivity contribution in [2.75, 3.05) is 0 Å². The predicted octanol–water partition coefficient (Wildman–Crippen LogP) is 5.63. The van der Waals surface area contributed by atoms with E-state index < -0.39 is 22.8 Å². The van der Waals surface area contributed by atoms with Gasteiger partial charge in [0.1, 0.15) is 5.75 Å². The Morgan fingerprint density at radius 1 is 1.18 bits per heavy atom. The van der Waals surface area contributed by atoms with Crippen LogP contribution in [0, 0.1) is 11.7 Å². The van der Waals surface area contributed by atoms with E-state index in [0.717, 1.165) is 54.7 Å². The summed E-state index contributed by atoms with van der Waals surface area (Å²) in [5, 5.41) is 21.9. The molecule has 3 N–H and O–H groups in total. The second-order valence-electron chi connectivity index (χ2n) is 10.5. The van der Waals surface area contributed by atoms with E-state index in [0.29, 0.717) is 28.7 Å². The molecule has 0 bridgehead atoms. The van der Waals surface area contributed by atoms with Gasteiger partial charge in [0.15, 0.2) is 22.5 Å². The van der Waals surface area contributed by atoms with E-state index in [1.54, 1.807) is 10.7 Å². The maximum absolute atomic E-state index is 14.8. The fraction of sp³-hybridized carbons (Fsp3) is 0.345. The fourth-order valence-corrected chi connectivity index (χ4v) is 6.55. The average Bonchev–Trinajstić information content (AvgIpc) is 3.27. The van der Waals surface area contributed by atoms with Crippen molar-refractivity contribution in [2.45, 2.75) is 62.4 Å². The number of rotatable bonds is 10. The first-order chi connectivity index (χ1) is 19.4. The molecule has 208 valence electrons. The smallest absolute Gasteiger partial charge is 0.355 e. The van der Waals surface area contributed by atoms with Crippen LogP contribution in [0.1, 0.15) is 65.8 Å². The molecule has 0 amide bonds. The second kappa shape index (κ2) is 11.2. The number of halogens is 1. The third-order valence-electron chi connectivity index (χ3n) is 7.50. The van der Waals surface area contributed by atoms with E-state index in [2.05, 4.69) is 4.98 Å². The molecule has 6 rings (SSSR count). The number of aromatic nitrogens is 3. The van der Waals surface area contributed by atoms with Crippen LogP contribution in [0.15, 0.2) is 52.7 Å². The summed E-state index contributed by atoms with van der Waals surface area (Å²) in [6.45, 7) is 0. The lowest BCUT2D eigenvalue weighted by atomic mass is 9.97. The highest BCUT2D eigenvalue weighted by Gasteiger charge is 2.30. The van der Waals surface area contributed by atoms with Crippen molar-refractivity contribution in [3.05, 3.63) is 76.2 Å². The van der Waals surface area contributed by atoms with E-state index in [9.17, 15) is 18.5 Å². The molecule has 2 saturated carbocycles. The molecule has 1 atom stereocenters. The molecule has 2 fully saturated rings. The molecular weight excluding hydrogens is 551 g/mol. The van der Waals surface area contributed by atoms with Gasteiger partial charge in [0.05, 0.1) is 17.5 Å². The van der Waals surface area contributed by atoms with Crippen molar-refractivity contribution in [1.29, 1.82) is 0 Å². The van der Waals surface area contributed by atoms with E-state index in [1.807, 2.05) is 24.3 Å². The van der Waals surface area contributed by atoms with Gasteiger partial charge in [-0.1, -0.05) is 22.4 Å². The first-order valence-electron chi connectivity index (χ1n) is 13.4. The largest absolute Gasteiger partial charge is 0.490 e. The maximum Gasteiger partial charge on any atom is 0.355 e. The van der Waals surface area contributed by atoms with Gasteiger partial charge >= 0.3 is 5.97 Å². The van der Waals surface area contributed by atoms with Crippen LogP contribution in [0.3, 0.4) is 0 Å². The zero-order valence-corrected chi connectivity index (χ0v) is 23.5. The van der Waals surface area contributed by atoms with E-state index in [4.69, 9.17) is 15.0 Å². The lowest BCUT2D eigenvalue weighted by Gasteiger charge is -2.14. The van der Waals surface area contributed by atoms with Crippen LogP contribution >= 0.6 is 11.3 Å². The Labute approximate surface area is 237 Å². The summed E-state index contributed by atoms with van der Waals surface area (Å²) < 4.78 is 34.5. The molecule has 0 aliphatic heterocycles. The van der Waals surface area contributed by atoms with Crippen LogP contribution in [-0.2, 0) is 28.0 Å². The Balaban J connectivity index is 1.47. The number of carboxylic acid groups (broad SMARTS) is 1. The molecule has 2 aromatic carbocycles. The van der Waals surface area contributed by atoms with Gasteiger partial charge in [0.25, 0.3) is 0 Å². The molecule has 40 heavy (non-hydrogen) atoms. The van der Waals surface area contributed by atoms with Gasteiger partial charge in [0, 0.05) is 22.9 Å². The van der Waals surface area contributed by atoms with E-state index >= 15 is 0 Å². The minimum Gasteiger partial charge on any atom is -0.490 e. The Hall–Kier alpha value is -3.41. The third kappa shape index (κ3) is 5.72. The monoisotopic (exact) mass is 581 g/mol. The van der Waals surface area contributed by atoms with Crippen LogP contribution < -0.4 is 9.88 Å². The zero-order valence-electron chi connectivity index (χ0n) is 21.8. The number of benzene rings is 2. The fourth-order valence-electron chi connectivity index (χ4n) is 5.28. The summed E-state index contributed by atoms with van der Waals surface area (Å²) in [7, 11) is -2.29. The van der Waals surface area contributed by atoms with Crippen LogP contribution in [0.5, 0.6) is 5.75 Å². The standard InChI is InChI=1S/C29H29FN4O4S2/c30-23-13-18(10-11-26(23)40(31)37)12-22-25(14-17-8-9-17)34(29-32-24(16-39-29)28(35)36)33-27(22)19-4-3-7-21(15-19)38-20-5-1-2-6-20/h3-4,7,10-11,13,15-17,20H,1-2,5-6,8-9,12,14H2,(H2,31,37)(H,35,36)/p+1. The highest BCUT2D eigenvalue weighted by Crippen LogP contribution is 2.39. The molecule has 2 aliphatic carbocycles. The zero-order chi connectivity index (χ0) is 27.8. The third-order valence-corrected chi connectivity index (χ3v) is 9.16. The molecule has 0 saturated heterocycles. The number of aromatic carboxylic acids is 1. The van der Waals surface area contributed by atoms with Crippen molar-refractivity contribution >= 4 is 28.3 Å². The molecule has 0 radical (unpaired) electrons. The molecule has 2 aliphatic rings. The van der Waals surface area contributed by atoms with Crippen molar-refractivity contribution in [2.24, 2.45) is 11.1 Å². The number of nitrogens with zero attached hydrogens (tertiary/aromatic N) is 3. The van der Waals surface area contributed by atoms with Gasteiger partial charge in [-0.15, -0.1) is 16.5 Å². The number of carbonyl (C=O) groups is 1. The summed E-state index contributed by atoms with van der Waals surface area (Å²) in [6, 6.07) is 12.5. The Kier molecular flexibility index (Phi) is 7.52. The number of hydrogen-bond donors (Lipinski definition) is 2. The van der Waals surface area contributed by atoms with E-state index in [1.165, 1.54) is 41.7 Å². The Bertz CT molecular complexity index is 1590. The Morgan fingerprint density at radius 3 is 2.65 bits per heavy atom. The van der Waals surface area contributed by atoms with Crippen molar-refractivity contribution in [1.82, 2.24) is 14.8 Å². The van der Waals surface area contributed by atoms with Crippen LogP contribution in [0.2, 0.25) is 0 Å². The number of thiazole rings is 1. The van der Waals surface area contributed by atoms with Crippen LogP contribution in [0.25, 0.3) is 16.4 Å². The topological polar surface area (TPSA) is 120 Å². The highest BCUT2D eigenvalue weighted by atomic mass is 32.2. The van der Waals surface area contributed by atoms with Gasteiger partial charge < -0.3 is 9.84 Å². The Morgan fingerprint density at radius 2 is 1.98 bits per heavy atom.